The van der Waals surface area contributed by atoms with Gasteiger partial charge >= 0.3 is 5.97 Å². The molecular formula is C32H35N7O5. The minimum atomic E-state index is -0.782. The number of aryl methyl sites for hydroxylation is 2. The second kappa shape index (κ2) is 12.9. The lowest BCUT2D eigenvalue weighted by molar-refractivity contribution is -0.138. The van der Waals surface area contributed by atoms with Crippen molar-refractivity contribution in [2.24, 2.45) is 0 Å². The van der Waals surface area contributed by atoms with Crippen LogP contribution in [0.1, 0.15) is 33.5 Å². The van der Waals surface area contributed by atoms with Crippen LogP contribution in [0, 0.1) is 0 Å². The lowest BCUT2D eigenvalue weighted by Crippen LogP contribution is -2.48. The summed E-state index contributed by atoms with van der Waals surface area (Å²) in [5.74, 6) is -1.10. The minimum absolute atomic E-state index is 0.0677. The average molecular weight is 598 g/mol. The van der Waals surface area contributed by atoms with E-state index in [2.05, 4.69) is 44.9 Å². The Balaban J connectivity index is 1.20. The molecule has 6 rings (SSSR count). The summed E-state index contributed by atoms with van der Waals surface area (Å²) in [5, 5.41) is 12.5. The Morgan fingerprint density at radius 2 is 1.75 bits per heavy atom. The zero-order valence-electron chi connectivity index (χ0n) is 24.6. The van der Waals surface area contributed by atoms with Gasteiger partial charge in [0.05, 0.1) is 19.0 Å². The van der Waals surface area contributed by atoms with Gasteiger partial charge in [0, 0.05) is 56.5 Å². The number of rotatable bonds is 10. The van der Waals surface area contributed by atoms with Crippen molar-refractivity contribution in [2.75, 3.05) is 51.7 Å². The van der Waals surface area contributed by atoms with Crippen LogP contribution in [-0.4, -0.2) is 87.7 Å². The predicted octanol–water partition coefficient (Wildman–Crippen LogP) is 2.55. The maximum absolute atomic E-state index is 13.3. The van der Waals surface area contributed by atoms with Gasteiger partial charge in [-0.15, -0.1) is 0 Å². The number of benzene rings is 2. The fourth-order valence-electron chi connectivity index (χ4n) is 5.92. The number of fused-ring (bicyclic) bond motifs is 2. The summed E-state index contributed by atoms with van der Waals surface area (Å²) < 4.78 is 1.76. The third-order valence-corrected chi connectivity index (χ3v) is 8.29. The zero-order chi connectivity index (χ0) is 30.6. The number of carbonyl (C=O) groups is 2. The molecule has 0 bridgehead atoms. The van der Waals surface area contributed by atoms with E-state index in [1.807, 2.05) is 23.1 Å². The molecule has 3 heterocycles. The first-order valence-corrected chi connectivity index (χ1v) is 14.8. The molecule has 4 aromatic rings. The van der Waals surface area contributed by atoms with E-state index in [4.69, 9.17) is 14.9 Å². The topological polar surface area (TPSA) is 142 Å². The van der Waals surface area contributed by atoms with Crippen molar-refractivity contribution < 1.29 is 19.5 Å². The van der Waals surface area contributed by atoms with Gasteiger partial charge in [0.2, 0.25) is 11.4 Å². The highest BCUT2D eigenvalue weighted by molar-refractivity contribution is 5.96. The first-order chi connectivity index (χ1) is 21.4. The van der Waals surface area contributed by atoms with E-state index >= 15 is 0 Å². The summed E-state index contributed by atoms with van der Waals surface area (Å²) in [6.07, 6.45) is 6.98. The summed E-state index contributed by atoms with van der Waals surface area (Å²) in [7, 11) is 1.32. The molecule has 1 saturated heterocycles. The van der Waals surface area contributed by atoms with Crippen LogP contribution in [0.2, 0.25) is 0 Å². The van der Waals surface area contributed by atoms with Crippen molar-refractivity contribution in [3.8, 4) is 5.69 Å². The molecule has 0 saturated carbocycles. The molecule has 0 unspecified atom stereocenters. The number of nitrogens with one attached hydrogen (secondary N) is 2. The largest absolute Gasteiger partial charge is 0.480 e. The fraction of sp³-hybridized carbons (Fsp3) is 0.344. The van der Waals surface area contributed by atoms with E-state index < -0.39 is 17.3 Å². The molecule has 12 heteroatoms. The van der Waals surface area contributed by atoms with Crippen molar-refractivity contribution in [3.63, 3.8) is 0 Å². The molecule has 1 amide bonds. The molecular weight excluding hydrogens is 562 g/mol. The van der Waals surface area contributed by atoms with Gasteiger partial charge in [0.25, 0.3) is 5.91 Å². The number of aliphatic carboxylic acids is 1. The van der Waals surface area contributed by atoms with E-state index in [1.165, 1.54) is 36.2 Å². The SMILES string of the molecule is CONC(=O)c1cn(-c2ccc3c(c2)CCC3)c2nc(Nc3ccc(CCN4CCN(CC(=O)O)CC4)cc3)ncc2c1=O. The molecule has 1 aliphatic carbocycles. The predicted molar refractivity (Wildman–Crippen MR) is 166 cm³/mol. The monoisotopic (exact) mass is 597 g/mol. The Morgan fingerprint density at radius 3 is 2.50 bits per heavy atom. The molecule has 2 aliphatic rings. The number of carbonyl (C=O) groups excluding carboxylic acids is 1. The van der Waals surface area contributed by atoms with Gasteiger partial charge < -0.3 is 19.9 Å². The number of pyridine rings is 1. The Kier molecular flexibility index (Phi) is 8.64. The molecule has 0 radical (unpaired) electrons. The average Bonchev–Trinajstić information content (AvgIpc) is 3.50. The smallest absolute Gasteiger partial charge is 0.317 e. The van der Waals surface area contributed by atoms with Crippen LogP contribution in [0.25, 0.3) is 16.7 Å². The number of hydrogen-bond donors (Lipinski definition) is 3. The highest BCUT2D eigenvalue weighted by atomic mass is 16.6. The second-order valence-corrected chi connectivity index (χ2v) is 11.2. The summed E-state index contributed by atoms with van der Waals surface area (Å²) in [5.41, 5.74) is 7.45. The van der Waals surface area contributed by atoms with Crippen LogP contribution < -0.4 is 16.2 Å². The van der Waals surface area contributed by atoms with Crippen LogP contribution in [0.5, 0.6) is 0 Å². The Bertz CT molecular complexity index is 1750. The van der Waals surface area contributed by atoms with Gasteiger partial charge in [-0.25, -0.2) is 10.5 Å². The summed E-state index contributed by atoms with van der Waals surface area (Å²) in [4.78, 5) is 55.1. The Hall–Kier alpha value is -4.65. The lowest BCUT2D eigenvalue weighted by atomic mass is 10.1. The molecule has 44 heavy (non-hydrogen) atoms. The van der Waals surface area contributed by atoms with Crippen molar-refractivity contribution in [1.82, 2.24) is 29.8 Å². The number of hydroxylamine groups is 1. The van der Waals surface area contributed by atoms with Crippen LogP contribution in [0.4, 0.5) is 11.6 Å². The number of nitrogens with zero attached hydrogens (tertiary/aromatic N) is 5. The van der Waals surface area contributed by atoms with E-state index in [9.17, 15) is 14.4 Å². The number of piperazine rings is 1. The molecule has 2 aromatic carbocycles. The molecule has 1 fully saturated rings. The molecule has 0 atom stereocenters. The first-order valence-electron chi connectivity index (χ1n) is 14.8. The van der Waals surface area contributed by atoms with Crippen molar-refractivity contribution in [3.05, 3.63) is 87.3 Å². The van der Waals surface area contributed by atoms with E-state index in [-0.39, 0.29) is 17.5 Å². The normalized spacial score (nSPS) is 15.3. The molecule has 1 aliphatic heterocycles. The minimum Gasteiger partial charge on any atom is -0.480 e. The Morgan fingerprint density at radius 1 is 1.00 bits per heavy atom. The van der Waals surface area contributed by atoms with Crippen LogP contribution in [0.15, 0.2) is 59.7 Å². The fourth-order valence-corrected chi connectivity index (χ4v) is 5.92. The van der Waals surface area contributed by atoms with Crippen LogP contribution in [0.3, 0.4) is 0 Å². The number of aromatic nitrogens is 3. The summed E-state index contributed by atoms with van der Waals surface area (Å²) in [6, 6.07) is 14.2. The van der Waals surface area contributed by atoms with E-state index in [0.717, 1.165) is 69.8 Å². The van der Waals surface area contributed by atoms with Crippen molar-refractivity contribution in [1.29, 1.82) is 0 Å². The third-order valence-electron chi connectivity index (χ3n) is 8.29. The van der Waals surface area contributed by atoms with Gasteiger partial charge in [0.1, 0.15) is 5.56 Å². The second-order valence-electron chi connectivity index (χ2n) is 11.2. The number of anilines is 2. The standard InChI is InChI=1S/C32H35N7O5/c1-44-36-31(43)27-19-39(25-10-7-22-3-2-4-23(22)17-25)30-26(29(27)42)18-33-32(35-30)34-24-8-5-21(6-9-24)11-12-37-13-15-38(16-14-37)20-28(40)41/h5-10,17-19H,2-4,11-16,20H2,1H3,(H,36,43)(H,40,41)(H,33,34,35). The number of hydrogen-bond acceptors (Lipinski definition) is 9. The molecule has 12 nitrogen and oxygen atoms in total. The van der Waals surface area contributed by atoms with E-state index in [1.54, 1.807) is 4.57 Å². The quantitative estimate of drug-likeness (QED) is 0.234. The summed E-state index contributed by atoms with van der Waals surface area (Å²) in [6.45, 7) is 4.27. The number of carboxylic acid groups (broad SMARTS) is 1. The van der Waals surface area contributed by atoms with Gasteiger partial charge in [0.15, 0.2) is 5.65 Å². The van der Waals surface area contributed by atoms with Crippen molar-refractivity contribution in [2.45, 2.75) is 25.7 Å². The lowest BCUT2D eigenvalue weighted by Gasteiger charge is -2.33. The third kappa shape index (κ3) is 6.47. The Labute approximate surface area is 254 Å². The van der Waals surface area contributed by atoms with Crippen molar-refractivity contribution >= 4 is 34.5 Å². The van der Waals surface area contributed by atoms with Gasteiger partial charge in [-0.1, -0.05) is 18.2 Å². The van der Waals surface area contributed by atoms with Gasteiger partial charge in [-0.3, -0.25) is 24.1 Å². The van der Waals surface area contributed by atoms with Crippen LogP contribution in [-0.2, 0) is 28.9 Å². The number of carboxylic acids is 1. The number of amides is 1. The maximum Gasteiger partial charge on any atom is 0.317 e. The summed E-state index contributed by atoms with van der Waals surface area (Å²) >= 11 is 0. The first kappa shape index (κ1) is 29.4. The van der Waals surface area contributed by atoms with E-state index in [0.29, 0.717) is 11.6 Å². The van der Waals surface area contributed by atoms with Crippen LogP contribution >= 0.6 is 0 Å². The van der Waals surface area contributed by atoms with Gasteiger partial charge in [-0.2, -0.15) is 4.98 Å². The van der Waals surface area contributed by atoms with Gasteiger partial charge in [-0.05, 0) is 66.6 Å². The molecule has 2 aromatic heterocycles. The highest BCUT2D eigenvalue weighted by Gasteiger charge is 2.20. The molecule has 228 valence electrons. The zero-order valence-corrected chi connectivity index (χ0v) is 24.6. The highest BCUT2D eigenvalue weighted by Crippen LogP contribution is 2.26. The molecule has 3 N–H and O–H groups in total. The molecule has 0 spiro atoms. The maximum atomic E-state index is 13.3.